The second-order valence-electron chi connectivity index (χ2n) is 4.77. The van der Waals surface area contributed by atoms with Crippen LogP contribution in [0.4, 0.5) is 5.95 Å². The molecule has 2 N–H and O–H groups in total. The molecular formula is C14H26N4O2. The van der Waals surface area contributed by atoms with Crippen LogP contribution in [-0.4, -0.2) is 55.5 Å². The van der Waals surface area contributed by atoms with Crippen molar-refractivity contribution in [1.82, 2.24) is 15.3 Å². The van der Waals surface area contributed by atoms with Crippen molar-refractivity contribution in [2.45, 2.75) is 25.8 Å². The summed E-state index contributed by atoms with van der Waals surface area (Å²) < 4.78 is 4.97. The number of hydrogen-bond acceptors (Lipinski definition) is 6. The van der Waals surface area contributed by atoms with E-state index in [1.165, 1.54) is 0 Å². The molecule has 6 heteroatoms. The van der Waals surface area contributed by atoms with Crippen LogP contribution in [0, 0.1) is 0 Å². The third-order valence-corrected chi connectivity index (χ3v) is 3.00. The van der Waals surface area contributed by atoms with Gasteiger partial charge in [0.05, 0.1) is 6.61 Å². The molecule has 0 amide bonds. The Balaban J connectivity index is 2.29. The summed E-state index contributed by atoms with van der Waals surface area (Å²) in [4.78, 5) is 10.8. The fraction of sp³-hybridized carbons (Fsp3) is 0.714. The Kier molecular flexibility index (Phi) is 8.86. The molecule has 1 rings (SSSR count). The number of ether oxygens (including phenoxy) is 1. The number of rotatable bonds is 11. The first kappa shape index (κ1) is 16.8. The van der Waals surface area contributed by atoms with E-state index in [0.29, 0.717) is 6.61 Å². The lowest BCUT2D eigenvalue weighted by atomic mass is 10.2. The predicted molar refractivity (Wildman–Crippen MR) is 79.8 cm³/mol. The Bertz CT molecular complexity index is 346. The largest absolute Gasteiger partial charge is 0.396 e. The topological polar surface area (TPSA) is 70.5 Å². The second kappa shape index (κ2) is 10.5. The molecule has 0 atom stereocenters. The molecule has 0 spiro atoms. The second-order valence-corrected chi connectivity index (χ2v) is 4.77. The quantitative estimate of drug-likeness (QED) is 0.585. The maximum Gasteiger partial charge on any atom is 0.224 e. The van der Waals surface area contributed by atoms with E-state index in [1.807, 2.05) is 24.3 Å². The average Bonchev–Trinajstić information content (AvgIpc) is 2.48. The van der Waals surface area contributed by atoms with E-state index in [4.69, 9.17) is 9.84 Å². The van der Waals surface area contributed by atoms with Crippen molar-refractivity contribution in [3.63, 3.8) is 0 Å². The molecular weight excluding hydrogens is 256 g/mol. The molecule has 1 aromatic rings. The summed E-state index contributed by atoms with van der Waals surface area (Å²) in [5.41, 5.74) is 1.07. The van der Waals surface area contributed by atoms with Crippen LogP contribution >= 0.6 is 0 Å². The third kappa shape index (κ3) is 6.79. The number of aliphatic hydroxyl groups excluding tert-OH is 1. The Morgan fingerprint density at radius 1 is 1.25 bits per heavy atom. The summed E-state index contributed by atoms with van der Waals surface area (Å²) in [5, 5.41) is 12.0. The van der Waals surface area contributed by atoms with E-state index < -0.39 is 0 Å². The van der Waals surface area contributed by atoms with Gasteiger partial charge in [-0.25, -0.2) is 9.97 Å². The van der Waals surface area contributed by atoms with Gasteiger partial charge in [0.2, 0.25) is 5.95 Å². The maximum atomic E-state index is 8.73. The molecule has 0 saturated heterocycles. The van der Waals surface area contributed by atoms with Gasteiger partial charge in [0.15, 0.2) is 0 Å². The van der Waals surface area contributed by atoms with Gasteiger partial charge in [0.25, 0.3) is 0 Å². The highest BCUT2D eigenvalue weighted by atomic mass is 16.5. The summed E-state index contributed by atoms with van der Waals surface area (Å²) in [7, 11) is 3.68. The van der Waals surface area contributed by atoms with Crippen LogP contribution < -0.4 is 10.2 Å². The Labute approximate surface area is 121 Å². The zero-order chi connectivity index (χ0) is 14.6. The van der Waals surface area contributed by atoms with Crippen LogP contribution in [0.15, 0.2) is 12.4 Å². The van der Waals surface area contributed by atoms with Crippen molar-refractivity contribution in [2.75, 3.05) is 45.4 Å². The summed E-state index contributed by atoms with van der Waals surface area (Å²) >= 11 is 0. The van der Waals surface area contributed by atoms with Crippen LogP contribution in [0.1, 0.15) is 24.8 Å². The first-order valence-corrected chi connectivity index (χ1v) is 7.10. The zero-order valence-corrected chi connectivity index (χ0v) is 12.5. The molecule has 20 heavy (non-hydrogen) atoms. The molecule has 1 heterocycles. The molecule has 6 nitrogen and oxygen atoms in total. The fourth-order valence-corrected chi connectivity index (χ4v) is 1.78. The lowest BCUT2D eigenvalue weighted by molar-refractivity contribution is 0.199. The van der Waals surface area contributed by atoms with Crippen molar-refractivity contribution in [1.29, 1.82) is 0 Å². The summed E-state index contributed by atoms with van der Waals surface area (Å²) in [6, 6.07) is 0. The Morgan fingerprint density at radius 2 is 2.00 bits per heavy atom. The van der Waals surface area contributed by atoms with Gasteiger partial charge in [-0.2, -0.15) is 0 Å². The smallest absolute Gasteiger partial charge is 0.224 e. The minimum atomic E-state index is 0.269. The number of unbranched alkanes of at least 4 members (excludes halogenated alkanes) is 2. The molecule has 0 aliphatic rings. The van der Waals surface area contributed by atoms with Crippen LogP contribution in [0.3, 0.4) is 0 Å². The number of nitrogens with zero attached hydrogens (tertiary/aromatic N) is 3. The van der Waals surface area contributed by atoms with Gasteiger partial charge in [0.1, 0.15) is 0 Å². The molecule has 1 aromatic heterocycles. The number of nitrogens with one attached hydrogen (secondary N) is 1. The molecule has 114 valence electrons. The van der Waals surface area contributed by atoms with E-state index in [1.54, 1.807) is 7.11 Å². The first-order valence-electron chi connectivity index (χ1n) is 7.10. The van der Waals surface area contributed by atoms with E-state index in [2.05, 4.69) is 15.3 Å². The summed E-state index contributed by atoms with van der Waals surface area (Å²) in [6.07, 6.45) is 6.64. The van der Waals surface area contributed by atoms with Gasteiger partial charge in [-0.1, -0.05) is 0 Å². The highest BCUT2D eigenvalue weighted by Gasteiger charge is 2.03. The van der Waals surface area contributed by atoms with Gasteiger partial charge in [-0.15, -0.1) is 0 Å². The van der Waals surface area contributed by atoms with Gasteiger partial charge in [0, 0.05) is 58.4 Å². The zero-order valence-electron chi connectivity index (χ0n) is 12.5. The maximum absolute atomic E-state index is 8.73. The van der Waals surface area contributed by atoms with E-state index in [-0.39, 0.29) is 6.61 Å². The lowest BCUT2D eigenvalue weighted by Gasteiger charge is -2.16. The molecule has 0 fully saturated rings. The van der Waals surface area contributed by atoms with Gasteiger partial charge >= 0.3 is 0 Å². The molecule has 0 saturated carbocycles. The molecule has 0 aromatic carbocycles. The van der Waals surface area contributed by atoms with E-state index in [0.717, 1.165) is 50.4 Å². The highest BCUT2D eigenvalue weighted by molar-refractivity contribution is 5.28. The van der Waals surface area contributed by atoms with E-state index >= 15 is 0 Å². The average molecular weight is 282 g/mol. The van der Waals surface area contributed by atoms with Crippen molar-refractivity contribution in [3.05, 3.63) is 18.0 Å². The standard InChI is InChI=1S/C14H26N4O2/c1-18(7-4-3-5-8-19)14-16-11-13(12-17-14)10-15-6-9-20-2/h11-12,15,19H,3-10H2,1-2H3. The monoisotopic (exact) mass is 282 g/mol. The normalized spacial score (nSPS) is 10.8. The Hall–Kier alpha value is -1.24. The minimum absolute atomic E-state index is 0.269. The summed E-state index contributed by atoms with van der Waals surface area (Å²) in [6.45, 7) is 3.46. The fourth-order valence-electron chi connectivity index (χ4n) is 1.78. The van der Waals surface area contributed by atoms with Crippen molar-refractivity contribution >= 4 is 5.95 Å². The van der Waals surface area contributed by atoms with Gasteiger partial charge < -0.3 is 20.1 Å². The number of aliphatic hydroxyl groups is 1. The van der Waals surface area contributed by atoms with Crippen LogP contribution in [0.2, 0.25) is 0 Å². The van der Waals surface area contributed by atoms with Gasteiger partial charge in [-0.05, 0) is 19.3 Å². The molecule has 0 unspecified atom stereocenters. The van der Waals surface area contributed by atoms with Gasteiger partial charge in [-0.3, -0.25) is 0 Å². The van der Waals surface area contributed by atoms with E-state index in [9.17, 15) is 0 Å². The number of anilines is 1. The summed E-state index contributed by atoms with van der Waals surface area (Å²) in [5.74, 6) is 0.745. The van der Waals surface area contributed by atoms with Crippen LogP contribution in [0.5, 0.6) is 0 Å². The SMILES string of the molecule is COCCNCc1cnc(N(C)CCCCCO)nc1. The molecule has 0 aliphatic heterocycles. The third-order valence-electron chi connectivity index (χ3n) is 3.00. The van der Waals surface area contributed by atoms with Crippen LogP contribution in [0.25, 0.3) is 0 Å². The van der Waals surface area contributed by atoms with Crippen molar-refractivity contribution in [3.8, 4) is 0 Å². The predicted octanol–water partition coefficient (Wildman–Crippen LogP) is 0.811. The first-order chi connectivity index (χ1) is 9.77. The number of methoxy groups -OCH3 is 1. The van der Waals surface area contributed by atoms with Crippen molar-refractivity contribution in [2.24, 2.45) is 0 Å². The molecule has 0 bridgehead atoms. The Morgan fingerprint density at radius 3 is 2.65 bits per heavy atom. The lowest BCUT2D eigenvalue weighted by Crippen LogP contribution is -2.22. The molecule has 0 radical (unpaired) electrons. The van der Waals surface area contributed by atoms with Crippen LogP contribution in [-0.2, 0) is 11.3 Å². The number of aromatic nitrogens is 2. The molecule has 0 aliphatic carbocycles. The minimum Gasteiger partial charge on any atom is -0.396 e. The highest BCUT2D eigenvalue weighted by Crippen LogP contribution is 2.07. The van der Waals surface area contributed by atoms with Crippen molar-refractivity contribution < 1.29 is 9.84 Å². The number of hydrogen-bond donors (Lipinski definition) is 2.